The molecule has 16 heavy (non-hydrogen) atoms. The number of aryl methyl sites for hydroxylation is 1. The molecule has 0 fully saturated rings. The second-order valence-corrected chi connectivity index (χ2v) is 6.56. The number of carbonyl (C=O) groups is 1. The van der Waals surface area contributed by atoms with Gasteiger partial charge in [0, 0.05) is 12.4 Å². The number of hydrogen-bond donors (Lipinski definition) is 1. The van der Waals surface area contributed by atoms with Gasteiger partial charge < -0.3 is 5.11 Å². The minimum atomic E-state index is -3.70. The van der Waals surface area contributed by atoms with Crippen LogP contribution in [0.25, 0.3) is 0 Å². The Labute approximate surface area is 93.8 Å². The predicted molar refractivity (Wildman–Crippen MR) is 57.7 cm³/mol. The molecule has 6 nitrogen and oxygen atoms in total. The highest BCUT2D eigenvalue weighted by Crippen LogP contribution is 2.17. The van der Waals surface area contributed by atoms with Crippen LogP contribution in [0.4, 0.5) is 0 Å². The number of aliphatic carboxylic acids is 1. The first-order valence-electron chi connectivity index (χ1n) is 4.70. The van der Waals surface area contributed by atoms with Crippen LogP contribution in [0.1, 0.15) is 13.8 Å². The van der Waals surface area contributed by atoms with Gasteiger partial charge in [0.05, 0.1) is 12.3 Å². The summed E-state index contributed by atoms with van der Waals surface area (Å²) in [7, 11) is -3.70. The van der Waals surface area contributed by atoms with E-state index in [2.05, 4.69) is 5.10 Å². The van der Waals surface area contributed by atoms with E-state index >= 15 is 0 Å². The fourth-order valence-corrected chi connectivity index (χ4v) is 2.24. The Morgan fingerprint density at radius 1 is 1.50 bits per heavy atom. The lowest BCUT2D eigenvalue weighted by atomic mass is 10.2. The molecule has 1 rings (SSSR count). The van der Waals surface area contributed by atoms with Gasteiger partial charge in [-0.2, -0.15) is 5.10 Å². The monoisotopic (exact) mass is 246 g/mol. The fourth-order valence-electron chi connectivity index (χ4n) is 1.03. The van der Waals surface area contributed by atoms with Crippen molar-refractivity contribution in [3.63, 3.8) is 0 Å². The van der Waals surface area contributed by atoms with Gasteiger partial charge in [-0.25, -0.2) is 8.42 Å². The van der Waals surface area contributed by atoms with Crippen LogP contribution in [0.5, 0.6) is 0 Å². The molecule has 0 bridgehead atoms. The fraction of sp³-hybridized carbons (Fsp3) is 0.556. The third-order valence-corrected chi connectivity index (χ3v) is 4.89. The van der Waals surface area contributed by atoms with Crippen LogP contribution in [0.15, 0.2) is 18.5 Å². The predicted octanol–water partition coefficient (Wildman–Crippen LogP) is 0.161. The molecule has 7 heteroatoms. The molecule has 0 spiro atoms. The molecule has 1 heterocycles. The largest absolute Gasteiger partial charge is 0.480 e. The summed E-state index contributed by atoms with van der Waals surface area (Å²) in [5.74, 6) is -1.58. The Balaban J connectivity index is 2.77. The number of aromatic nitrogens is 2. The highest BCUT2D eigenvalue weighted by atomic mass is 32.2. The Kier molecular flexibility index (Phi) is 3.37. The van der Waals surface area contributed by atoms with Gasteiger partial charge in [-0.05, 0) is 19.9 Å². The summed E-state index contributed by atoms with van der Waals surface area (Å²) in [6.07, 6.45) is 3.16. The van der Waals surface area contributed by atoms with Crippen LogP contribution >= 0.6 is 0 Å². The van der Waals surface area contributed by atoms with Gasteiger partial charge in [0.15, 0.2) is 14.6 Å². The van der Waals surface area contributed by atoms with Gasteiger partial charge in [0.25, 0.3) is 0 Å². The maximum atomic E-state index is 11.8. The molecule has 0 unspecified atom stereocenters. The molecule has 0 radical (unpaired) electrons. The molecule has 90 valence electrons. The van der Waals surface area contributed by atoms with E-state index in [1.165, 1.54) is 24.7 Å². The standard InChI is InChI=1S/C9H14N2O4S/c1-9(2,8(12)13)16(14,15)7-6-11-5-3-4-10-11/h3-5H,6-7H2,1-2H3,(H,12,13). The van der Waals surface area contributed by atoms with Crippen molar-refractivity contribution in [2.45, 2.75) is 25.1 Å². The van der Waals surface area contributed by atoms with E-state index in [9.17, 15) is 13.2 Å². The first kappa shape index (κ1) is 12.7. The molecule has 0 atom stereocenters. The lowest BCUT2D eigenvalue weighted by Gasteiger charge is -2.19. The van der Waals surface area contributed by atoms with E-state index in [4.69, 9.17) is 5.11 Å². The Hall–Kier alpha value is -1.37. The van der Waals surface area contributed by atoms with Crippen molar-refractivity contribution in [3.8, 4) is 0 Å². The maximum Gasteiger partial charge on any atom is 0.324 e. The summed E-state index contributed by atoms with van der Waals surface area (Å²) < 4.78 is 23.2. The molecule has 0 saturated carbocycles. The van der Waals surface area contributed by atoms with Gasteiger partial charge in [0.1, 0.15) is 0 Å². The number of hydrogen-bond acceptors (Lipinski definition) is 4. The Morgan fingerprint density at radius 2 is 2.12 bits per heavy atom. The van der Waals surface area contributed by atoms with E-state index in [0.29, 0.717) is 0 Å². The lowest BCUT2D eigenvalue weighted by molar-refractivity contribution is -0.139. The zero-order valence-electron chi connectivity index (χ0n) is 9.12. The second-order valence-electron chi connectivity index (χ2n) is 3.90. The van der Waals surface area contributed by atoms with E-state index in [0.717, 1.165) is 0 Å². The summed E-state index contributed by atoms with van der Waals surface area (Å²) in [6.45, 7) is 2.54. The van der Waals surface area contributed by atoms with Crippen LogP contribution in [-0.2, 0) is 21.2 Å². The van der Waals surface area contributed by atoms with E-state index < -0.39 is 20.6 Å². The number of carboxylic acids is 1. The number of sulfone groups is 1. The molecule has 0 amide bonds. The molecule has 1 aromatic rings. The third-order valence-electron chi connectivity index (χ3n) is 2.44. The summed E-state index contributed by atoms with van der Waals surface area (Å²) >= 11 is 0. The molecular formula is C9H14N2O4S. The smallest absolute Gasteiger partial charge is 0.324 e. The van der Waals surface area contributed by atoms with Crippen LogP contribution in [0.3, 0.4) is 0 Å². The second kappa shape index (κ2) is 4.25. The number of carboxylic acid groups (broad SMARTS) is 1. The topological polar surface area (TPSA) is 89.3 Å². The van der Waals surface area contributed by atoms with Crippen LogP contribution in [-0.4, -0.2) is 39.8 Å². The van der Waals surface area contributed by atoms with Gasteiger partial charge in [-0.15, -0.1) is 0 Å². The third kappa shape index (κ3) is 2.41. The van der Waals surface area contributed by atoms with Crippen molar-refractivity contribution in [2.24, 2.45) is 0 Å². The van der Waals surface area contributed by atoms with E-state index in [1.54, 1.807) is 12.3 Å². The average molecular weight is 246 g/mol. The van der Waals surface area contributed by atoms with Gasteiger partial charge >= 0.3 is 5.97 Å². The first-order valence-corrected chi connectivity index (χ1v) is 6.36. The zero-order chi connectivity index (χ0) is 12.4. The maximum absolute atomic E-state index is 11.8. The molecule has 1 aromatic heterocycles. The number of rotatable bonds is 5. The SMILES string of the molecule is CC(C)(C(=O)O)S(=O)(=O)CCn1cccn1. The highest BCUT2D eigenvalue weighted by molar-refractivity contribution is 7.93. The normalized spacial score (nSPS) is 12.6. The zero-order valence-corrected chi connectivity index (χ0v) is 9.94. The summed E-state index contributed by atoms with van der Waals surface area (Å²) in [4.78, 5) is 10.8. The first-order chi connectivity index (χ1) is 7.27. The van der Waals surface area contributed by atoms with E-state index in [-0.39, 0.29) is 12.3 Å². The molecule has 0 aliphatic carbocycles. The van der Waals surface area contributed by atoms with Gasteiger partial charge in [-0.3, -0.25) is 9.48 Å². The minimum Gasteiger partial charge on any atom is -0.480 e. The molecular weight excluding hydrogens is 232 g/mol. The van der Waals surface area contributed by atoms with Gasteiger partial charge in [-0.1, -0.05) is 0 Å². The summed E-state index contributed by atoms with van der Waals surface area (Å²) in [5, 5.41) is 12.7. The van der Waals surface area contributed by atoms with Gasteiger partial charge in [0.2, 0.25) is 0 Å². The molecule has 0 aromatic carbocycles. The molecule has 1 N–H and O–H groups in total. The molecule has 0 aliphatic rings. The van der Waals surface area contributed by atoms with Crippen molar-refractivity contribution in [2.75, 3.05) is 5.75 Å². The summed E-state index contributed by atoms with van der Waals surface area (Å²) in [6, 6.07) is 1.68. The van der Waals surface area contributed by atoms with Crippen molar-refractivity contribution in [1.29, 1.82) is 0 Å². The van der Waals surface area contributed by atoms with Crippen molar-refractivity contribution >= 4 is 15.8 Å². The quantitative estimate of drug-likeness (QED) is 0.799. The van der Waals surface area contributed by atoms with Crippen molar-refractivity contribution in [3.05, 3.63) is 18.5 Å². The van der Waals surface area contributed by atoms with Crippen LogP contribution < -0.4 is 0 Å². The van der Waals surface area contributed by atoms with Crippen LogP contribution in [0, 0.1) is 0 Å². The minimum absolute atomic E-state index is 0.159. The van der Waals surface area contributed by atoms with Crippen molar-refractivity contribution < 1.29 is 18.3 Å². The highest BCUT2D eigenvalue weighted by Gasteiger charge is 2.41. The lowest BCUT2D eigenvalue weighted by Crippen LogP contribution is -2.42. The average Bonchev–Trinajstić information content (AvgIpc) is 2.66. The van der Waals surface area contributed by atoms with Crippen molar-refractivity contribution in [1.82, 2.24) is 9.78 Å². The Morgan fingerprint density at radius 3 is 2.56 bits per heavy atom. The molecule has 0 saturated heterocycles. The summed E-state index contributed by atoms with van der Waals surface area (Å²) in [5.41, 5.74) is 0. The van der Waals surface area contributed by atoms with Crippen LogP contribution in [0.2, 0.25) is 0 Å². The number of nitrogens with zero attached hydrogens (tertiary/aromatic N) is 2. The van der Waals surface area contributed by atoms with E-state index in [1.807, 2.05) is 0 Å². The Bertz CT molecular complexity index is 462. The molecule has 0 aliphatic heterocycles.